The first kappa shape index (κ1) is 22.0. The molecule has 27 heavy (non-hydrogen) atoms. The Hall–Kier alpha value is -3.07. The summed E-state index contributed by atoms with van der Waals surface area (Å²) in [6, 6.07) is 7.96. The number of hydrogen-bond donors (Lipinski definition) is 2. The summed E-state index contributed by atoms with van der Waals surface area (Å²) < 4.78 is 15.4. The van der Waals surface area contributed by atoms with Crippen LogP contribution in [0.15, 0.2) is 36.1 Å². The summed E-state index contributed by atoms with van der Waals surface area (Å²) in [7, 11) is 1.31. The summed E-state index contributed by atoms with van der Waals surface area (Å²) in [6.07, 6.45) is 2.12. The van der Waals surface area contributed by atoms with Gasteiger partial charge in [0.15, 0.2) is 0 Å². The lowest BCUT2D eigenvalue weighted by atomic mass is 10.2. The molecule has 0 radical (unpaired) electrons. The van der Waals surface area contributed by atoms with Gasteiger partial charge in [-0.05, 0) is 31.1 Å². The van der Waals surface area contributed by atoms with Crippen molar-refractivity contribution in [1.29, 1.82) is 0 Å². The maximum atomic E-state index is 11.1. The van der Waals surface area contributed by atoms with Crippen LogP contribution in [0.4, 0.5) is 4.79 Å². The number of para-hydroxylation sites is 1. The van der Waals surface area contributed by atoms with Crippen molar-refractivity contribution in [2.24, 2.45) is 0 Å². The molecule has 1 heterocycles. The predicted octanol–water partition coefficient (Wildman–Crippen LogP) is 1.90. The monoisotopic (exact) mass is 381 g/mol. The summed E-state index contributed by atoms with van der Waals surface area (Å²) in [5, 5.41) is 14.8. The Labute approximate surface area is 156 Å². The van der Waals surface area contributed by atoms with E-state index in [4.69, 9.17) is 29.3 Å². The van der Waals surface area contributed by atoms with Crippen LogP contribution in [0.25, 0.3) is 0 Å². The minimum absolute atomic E-state index is 0.603. The molecule has 0 unspecified atom stereocenters. The molecule has 0 aromatic heterocycles. The number of nitrogens with zero attached hydrogens (tertiary/aromatic N) is 1. The first-order chi connectivity index (χ1) is 12.8. The van der Waals surface area contributed by atoms with Crippen molar-refractivity contribution in [2.75, 3.05) is 33.4 Å². The van der Waals surface area contributed by atoms with Crippen molar-refractivity contribution >= 4 is 18.1 Å². The lowest BCUT2D eigenvalue weighted by molar-refractivity contribution is -0.159. The fraction of sp³-hybridized carbons (Fsp3) is 0.389. The smallest absolute Gasteiger partial charge is 0.492 e. The van der Waals surface area contributed by atoms with E-state index in [2.05, 4.69) is 9.64 Å². The summed E-state index contributed by atoms with van der Waals surface area (Å²) >= 11 is 0. The molecule has 0 bridgehead atoms. The molecular formula is C18H23NO8. The number of carbonyl (C=O) groups is 3. The van der Waals surface area contributed by atoms with Crippen LogP contribution < -0.4 is 4.74 Å². The SMILES string of the molecule is COC(=O)OC1=CCCN(CCOc2ccccc2C)C1.O=C(O)C(=O)O. The molecule has 1 aromatic carbocycles. The normalized spacial score (nSPS) is 13.5. The number of carboxylic acids is 2. The topological polar surface area (TPSA) is 123 Å². The third-order valence-electron chi connectivity index (χ3n) is 3.52. The number of aliphatic carboxylic acids is 2. The summed E-state index contributed by atoms with van der Waals surface area (Å²) in [6.45, 7) is 4.96. The molecule has 0 amide bonds. The number of carbonyl (C=O) groups excluding carboxylic acids is 1. The van der Waals surface area contributed by atoms with Crippen LogP contribution in [0.5, 0.6) is 5.75 Å². The molecule has 1 aliphatic heterocycles. The Kier molecular flexibility index (Phi) is 9.38. The van der Waals surface area contributed by atoms with Gasteiger partial charge in [0.25, 0.3) is 0 Å². The van der Waals surface area contributed by atoms with Gasteiger partial charge in [0.05, 0.1) is 13.7 Å². The minimum Gasteiger partial charge on any atom is -0.492 e. The molecule has 1 aromatic rings. The second kappa shape index (κ2) is 11.5. The van der Waals surface area contributed by atoms with E-state index in [-0.39, 0.29) is 0 Å². The maximum Gasteiger partial charge on any atom is 0.513 e. The van der Waals surface area contributed by atoms with Gasteiger partial charge in [0.1, 0.15) is 18.1 Å². The van der Waals surface area contributed by atoms with E-state index in [0.717, 1.165) is 30.8 Å². The molecule has 2 N–H and O–H groups in total. The van der Waals surface area contributed by atoms with Crippen molar-refractivity contribution in [3.63, 3.8) is 0 Å². The van der Waals surface area contributed by atoms with Gasteiger partial charge in [-0.1, -0.05) is 18.2 Å². The van der Waals surface area contributed by atoms with Crippen LogP contribution in [0.1, 0.15) is 12.0 Å². The van der Waals surface area contributed by atoms with Crippen LogP contribution in [0.3, 0.4) is 0 Å². The number of hydrogen-bond acceptors (Lipinski definition) is 7. The third-order valence-corrected chi connectivity index (χ3v) is 3.52. The van der Waals surface area contributed by atoms with E-state index in [9.17, 15) is 4.79 Å². The average Bonchev–Trinajstić information content (AvgIpc) is 2.64. The maximum absolute atomic E-state index is 11.1. The number of benzene rings is 1. The Morgan fingerprint density at radius 2 is 1.81 bits per heavy atom. The minimum atomic E-state index is -1.82. The van der Waals surface area contributed by atoms with Crippen LogP contribution in [0.2, 0.25) is 0 Å². The van der Waals surface area contributed by atoms with Crippen molar-refractivity contribution in [3.05, 3.63) is 41.7 Å². The number of carboxylic acid groups (broad SMARTS) is 2. The Bertz CT molecular complexity index is 674. The molecule has 9 nitrogen and oxygen atoms in total. The van der Waals surface area contributed by atoms with E-state index in [1.54, 1.807) is 0 Å². The molecule has 2 rings (SSSR count). The molecule has 0 saturated heterocycles. The highest BCUT2D eigenvalue weighted by Gasteiger charge is 2.16. The fourth-order valence-corrected chi connectivity index (χ4v) is 2.19. The lowest BCUT2D eigenvalue weighted by Crippen LogP contribution is -2.34. The zero-order valence-electron chi connectivity index (χ0n) is 15.2. The highest BCUT2D eigenvalue weighted by molar-refractivity contribution is 6.27. The summed E-state index contributed by atoms with van der Waals surface area (Å²) in [4.78, 5) is 31.5. The Morgan fingerprint density at radius 3 is 2.41 bits per heavy atom. The van der Waals surface area contributed by atoms with Crippen molar-refractivity contribution in [2.45, 2.75) is 13.3 Å². The summed E-state index contributed by atoms with van der Waals surface area (Å²) in [5.74, 6) is -2.09. The predicted molar refractivity (Wildman–Crippen MR) is 94.6 cm³/mol. The molecule has 0 fully saturated rings. The Morgan fingerprint density at radius 1 is 1.15 bits per heavy atom. The van der Waals surface area contributed by atoms with Gasteiger partial charge in [-0.3, -0.25) is 4.90 Å². The van der Waals surface area contributed by atoms with Crippen LogP contribution >= 0.6 is 0 Å². The molecular weight excluding hydrogens is 358 g/mol. The number of rotatable bonds is 5. The fourth-order valence-electron chi connectivity index (χ4n) is 2.19. The molecule has 0 saturated carbocycles. The van der Waals surface area contributed by atoms with Crippen molar-refractivity contribution in [3.8, 4) is 5.75 Å². The Balaban J connectivity index is 0.000000527. The number of methoxy groups -OCH3 is 1. The van der Waals surface area contributed by atoms with Gasteiger partial charge >= 0.3 is 18.1 Å². The largest absolute Gasteiger partial charge is 0.513 e. The molecule has 148 valence electrons. The van der Waals surface area contributed by atoms with Crippen molar-refractivity contribution < 1.29 is 38.8 Å². The van der Waals surface area contributed by atoms with Crippen LogP contribution in [-0.4, -0.2) is 66.6 Å². The zero-order chi connectivity index (χ0) is 20.2. The van der Waals surface area contributed by atoms with Gasteiger partial charge in [0.2, 0.25) is 0 Å². The van der Waals surface area contributed by atoms with E-state index in [1.165, 1.54) is 7.11 Å². The van der Waals surface area contributed by atoms with Crippen molar-refractivity contribution in [1.82, 2.24) is 4.90 Å². The lowest BCUT2D eigenvalue weighted by Gasteiger charge is -2.26. The molecule has 0 atom stereocenters. The number of aryl methyl sites for hydroxylation is 1. The second-order valence-corrected chi connectivity index (χ2v) is 5.52. The van der Waals surface area contributed by atoms with E-state index >= 15 is 0 Å². The van der Waals surface area contributed by atoms with Crippen LogP contribution in [0, 0.1) is 6.92 Å². The van der Waals surface area contributed by atoms with Gasteiger partial charge in [0, 0.05) is 13.1 Å². The van der Waals surface area contributed by atoms with E-state index in [0.29, 0.717) is 18.9 Å². The standard InChI is InChI=1S/C16H21NO4.C2H2O4/c1-13-6-3-4-8-15(13)20-11-10-17-9-5-7-14(12-17)21-16(18)19-2;3-1(4)2(5)6/h3-4,6-8H,5,9-12H2,1-2H3;(H,3,4)(H,5,6). The van der Waals surface area contributed by atoms with Gasteiger partial charge in [-0.2, -0.15) is 0 Å². The van der Waals surface area contributed by atoms with E-state index < -0.39 is 18.1 Å². The highest BCUT2D eigenvalue weighted by Crippen LogP contribution is 2.16. The number of ether oxygens (including phenoxy) is 3. The quantitative estimate of drug-likeness (QED) is 0.581. The summed E-state index contributed by atoms with van der Waals surface area (Å²) in [5.41, 5.74) is 1.13. The van der Waals surface area contributed by atoms with E-state index in [1.807, 2.05) is 37.3 Å². The zero-order valence-corrected chi connectivity index (χ0v) is 15.2. The van der Waals surface area contributed by atoms with Gasteiger partial charge in [-0.15, -0.1) is 0 Å². The molecule has 9 heteroatoms. The first-order valence-corrected chi connectivity index (χ1v) is 8.15. The first-order valence-electron chi connectivity index (χ1n) is 8.15. The third kappa shape index (κ3) is 8.73. The average molecular weight is 381 g/mol. The second-order valence-electron chi connectivity index (χ2n) is 5.52. The molecule has 1 aliphatic rings. The van der Waals surface area contributed by atoms with Crippen LogP contribution in [-0.2, 0) is 19.1 Å². The van der Waals surface area contributed by atoms with Gasteiger partial charge < -0.3 is 24.4 Å². The highest BCUT2D eigenvalue weighted by atomic mass is 16.7. The van der Waals surface area contributed by atoms with Gasteiger partial charge in [-0.25, -0.2) is 14.4 Å². The molecule has 0 aliphatic carbocycles. The molecule has 0 spiro atoms.